The predicted octanol–water partition coefficient (Wildman–Crippen LogP) is 2.48. The number of aromatic nitrogens is 2. The van der Waals surface area contributed by atoms with E-state index in [-0.39, 0.29) is 11.9 Å². The van der Waals surface area contributed by atoms with Crippen LogP contribution in [0.3, 0.4) is 0 Å². The first-order chi connectivity index (χ1) is 9.56. The van der Waals surface area contributed by atoms with Gasteiger partial charge in [0.15, 0.2) is 0 Å². The number of carbonyl (C=O) groups excluding carboxylic acids is 1. The van der Waals surface area contributed by atoms with E-state index in [4.69, 9.17) is 0 Å². The lowest BCUT2D eigenvalue weighted by Crippen LogP contribution is -2.38. The molecule has 4 heteroatoms. The fraction of sp³-hybridized carbons (Fsp3) is 0.375. The first-order valence-electron chi connectivity index (χ1n) is 6.97. The number of aryl methyl sites for hydroxylation is 2. The molecule has 1 amide bonds. The van der Waals surface area contributed by atoms with Crippen LogP contribution >= 0.6 is 0 Å². The molecule has 0 bridgehead atoms. The van der Waals surface area contributed by atoms with Crippen molar-refractivity contribution in [1.82, 2.24) is 9.78 Å². The second kappa shape index (κ2) is 4.78. The molecule has 1 aromatic carbocycles. The van der Waals surface area contributed by atoms with Gasteiger partial charge in [0.1, 0.15) is 6.54 Å². The Bertz CT molecular complexity index is 659. The Labute approximate surface area is 119 Å². The fourth-order valence-electron chi connectivity index (χ4n) is 2.98. The first kappa shape index (κ1) is 12.9. The van der Waals surface area contributed by atoms with Crippen molar-refractivity contribution < 1.29 is 4.79 Å². The largest absolute Gasteiger partial charge is 0.307 e. The minimum atomic E-state index is 0.105. The summed E-state index contributed by atoms with van der Waals surface area (Å²) in [4.78, 5) is 14.5. The Hall–Kier alpha value is -2.10. The third-order valence-corrected chi connectivity index (χ3v) is 3.86. The van der Waals surface area contributed by atoms with Gasteiger partial charge in [-0.1, -0.05) is 18.2 Å². The predicted molar refractivity (Wildman–Crippen MR) is 78.8 cm³/mol. The molecule has 0 unspecified atom stereocenters. The molecule has 0 spiro atoms. The summed E-state index contributed by atoms with van der Waals surface area (Å²) in [6, 6.07) is 10.4. The molecule has 1 aliphatic heterocycles. The maximum absolute atomic E-state index is 12.6. The normalized spacial score (nSPS) is 17.4. The summed E-state index contributed by atoms with van der Waals surface area (Å²) in [5, 5.41) is 4.37. The molecule has 0 radical (unpaired) electrons. The third kappa shape index (κ3) is 2.11. The lowest BCUT2D eigenvalue weighted by Gasteiger charge is -2.23. The summed E-state index contributed by atoms with van der Waals surface area (Å²) in [6.45, 7) is 6.33. The number of para-hydroxylation sites is 1. The average molecular weight is 269 g/mol. The number of hydrogen-bond acceptors (Lipinski definition) is 2. The molecular weight excluding hydrogens is 250 g/mol. The van der Waals surface area contributed by atoms with Crippen LogP contribution in [0.2, 0.25) is 0 Å². The zero-order valence-electron chi connectivity index (χ0n) is 12.1. The van der Waals surface area contributed by atoms with Crippen molar-refractivity contribution in [3.05, 3.63) is 47.3 Å². The van der Waals surface area contributed by atoms with Gasteiger partial charge < -0.3 is 4.90 Å². The number of anilines is 1. The molecule has 2 heterocycles. The summed E-state index contributed by atoms with van der Waals surface area (Å²) >= 11 is 0. The standard InChI is InChI=1S/C16H19N3O/c1-11-8-12(2)18(17-11)10-16(20)19-13(3)9-14-6-4-5-7-15(14)19/h4-8,13H,9-10H2,1-3H3/t13-/m0/s1. The van der Waals surface area contributed by atoms with Crippen molar-refractivity contribution in [2.75, 3.05) is 4.90 Å². The van der Waals surface area contributed by atoms with Crippen LogP contribution in [-0.4, -0.2) is 21.7 Å². The van der Waals surface area contributed by atoms with Gasteiger partial charge in [0, 0.05) is 17.4 Å². The summed E-state index contributed by atoms with van der Waals surface area (Å²) in [7, 11) is 0. The average Bonchev–Trinajstić information content (AvgIpc) is 2.88. The molecule has 1 aliphatic rings. The van der Waals surface area contributed by atoms with Crippen LogP contribution in [0.5, 0.6) is 0 Å². The molecule has 0 fully saturated rings. The van der Waals surface area contributed by atoms with Crippen molar-refractivity contribution in [2.45, 2.75) is 39.8 Å². The van der Waals surface area contributed by atoms with Crippen LogP contribution in [0.25, 0.3) is 0 Å². The van der Waals surface area contributed by atoms with Crippen LogP contribution < -0.4 is 4.90 Å². The van der Waals surface area contributed by atoms with Gasteiger partial charge in [-0.3, -0.25) is 9.48 Å². The smallest absolute Gasteiger partial charge is 0.248 e. The SMILES string of the molecule is Cc1cc(C)n(CC(=O)N2c3ccccc3C[C@@H]2C)n1. The fourth-order valence-corrected chi connectivity index (χ4v) is 2.98. The van der Waals surface area contributed by atoms with Gasteiger partial charge in [-0.25, -0.2) is 0 Å². The molecule has 2 aromatic rings. The number of carbonyl (C=O) groups is 1. The molecular formula is C16H19N3O. The molecule has 1 aromatic heterocycles. The van der Waals surface area contributed by atoms with Gasteiger partial charge in [-0.05, 0) is 44.9 Å². The Morgan fingerprint density at radius 2 is 2.10 bits per heavy atom. The van der Waals surface area contributed by atoms with Crippen LogP contribution in [0, 0.1) is 13.8 Å². The van der Waals surface area contributed by atoms with Crippen molar-refractivity contribution in [3.63, 3.8) is 0 Å². The van der Waals surface area contributed by atoms with Crippen LogP contribution in [0.15, 0.2) is 30.3 Å². The summed E-state index contributed by atoms with van der Waals surface area (Å²) in [5.41, 5.74) is 4.27. The highest BCUT2D eigenvalue weighted by Crippen LogP contribution is 2.31. The van der Waals surface area contributed by atoms with Gasteiger partial charge in [-0.15, -0.1) is 0 Å². The Kier molecular flexibility index (Phi) is 3.08. The number of hydrogen-bond donors (Lipinski definition) is 0. The topological polar surface area (TPSA) is 38.1 Å². The van der Waals surface area contributed by atoms with E-state index >= 15 is 0 Å². The van der Waals surface area contributed by atoms with Gasteiger partial charge in [0.2, 0.25) is 5.91 Å². The van der Waals surface area contributed by atoms with Gasteiger partial charge in [-0.2, -0.15) is 5.10 Å². The van der Waals surface area contributed by atoms with Gasteiger partial charge in [0.25, 0.3) is 0 Å². The minimum absolute atomic E-state index is 0.105. The zero-order chi connectivity index (χ0) is 14.3. The zero-order valence-corrected chi connectivity index (χ0v) is 12.1. The second-order valence-corrected chi connectivity index (χ2v) is 5.53. The highest BCUT2D eigenvalue weighted by Gasteiger charge is 2.30. The molecule has 20 heavy (non-hydrogen) atoms. The summed E-state index contributed by atoms with van der Waals surface area (Å²) in [5.74, 6) is 0.105. The minimum Gasteiger partial charge on any atom is -0.307 e. The van der Waals surface area contributed by atoms with E-state index in [1.54, 1.807) is 4.68 Å². The second-order valence-electron chi connectivity index (χ2n) is 5.53. The van der Waals surface area contributed by atoms with Crippen LogP contribution in [0.4, 0.5) is 5.69 Å². The van der Waals surface area contributed by atoms with E-state index in [2.05, 4.69) is 18.1 Å². The van der Waals surface area contributed by atoms with Crippen molar-refractivity contribution in [1.29, 1.82) is 0 Å². The highest BCUT2D eigenvalue weighted by atomic mass is 16.2. The van der Waals surface area contributed by atoms with E-state index in [0.29, 0.717) is 6.54 Å². The van der Waals surface area contributed by atoms with Crippen LogP contribution in [0.1, 0.15) is 23.9 Å². The van der Waals surface area contributed by atoms with Crippen LogP contribution in [-0.2, 0) is 17.8 Å². The van der Waals surface area contributed by atoms with Gasteiger partial charge in [0.05, 0.1) is 5.69 Å². The number of benzene rings is 1. The van der Waals surface area contributed by atoms with Crippen molar-refractivity contribution in [3.8, 4) is 0 Å². The van der Waals surface area contributed by atoms with Gasteiger partial charge >= 0.3 is 0 Å². The molecule has 0 saturated heterocycles. The van der Waals surface area contributed by atoms with E-state index in [1.807, 2.05) is 43.0 Å². The Balaban J connectivity index is 1.86. The van der Waals surface area contributed by atoms with E-state index < -0.39 is 0 Å². The number of rotatable bonds is 2. The van der Waals surface area contributed by atoms with E-state index in [0.717, 1.165) is 23.5 Å². The molecule has 0 N–H and O–H groups in total. The lowest BCUT2D eigenvalue weighted by molar-refractivity contribution is -0.119. The molecule has 0 aliphatic carbocycles. The summed E-state index contributed by atoms with van der Waals surface area (Å²) < 4.78 is 1.78. The molecule has 3 rings (SSSR count). The highest BCUT2D eigenvalue weighted by molar-refractivity contribution is 5.96. The number of nitrogens with zero attached hydrogens (tertiary/aromatic N) is 3. The third-order valence-electron chi connectivity index (χ3n) is 3.86. The van der Waals surface area contributed by atoms with Crippen molar-refractivity contribution >= 4 is 11.6 Å². The molecule has 4 nitrogen and oxygen atoms in total. The van der Waals surface area contributed by atoms with Crippen molar-refractivity contribution in [2.24, 2.45) is 0 Å². The molecule has 104 valence electrons. The van der Waals surface area contributed by atoms with E-state index in [1.165, 1.54) is 5.56 Å². The number of amides is 1. The number of fused-ring (bicyclic) bond motifs is 1. The van der Waals surface area contributed by atoms with E-state index in [9.17, 15) is 4.79 Å². The Morgan fingerprint density at radius 1 is 1.35 bits per heavy atom. The maximum Gasteiger partial charge on any atom is 0.248 e. The monoisotopic (exact) mass is 269 g/mol. The summed E-state index contributed by atoms with van der Waals surface area (Å²) in [6.07, 6.45) is 0.930. The first-order valence-corrected chi connectivity index (χ1v) is 6.97. The quantitative estimate of drug-likeness (QED) is 0.840. The molecule has 0 saturated carbocycles. The Morgan fingerprint density at radius 3 is 2.80 bits per heavy atom. The molecule has 1 atom stereocenters. The maximum atomic E-state index is 12.6. The lowest BCUT2D eigenvalue weighted by atomic mass is 10.1.